The van der Waals surface area contributed by atoms with Crippen LogP contribution in [0.4, 0.5) is 0 Å². The van der Waals surface area contributed by atoms with Crippen molar-refractivity contribution in [3.8, 4) is 0 Å². The van der Waals surface area contributed by atoms with Gasteiger partial charge in [-0.2, -0.15) is 0 Å². The van der Waals surface area contributed by atoms with Crippen LogP contribution in [-0.2, 0) is 9.53 Å². The van der Waals surface area contributed by atoms with Gasteiger partial charge in [0.25, 0.3) is 0 Å². The average Bonchev–Trinajstić information content (AvgIpc) is 3.53. The van der Waals surface area contributed by atoms with Gasteiger partial charge in [0.1, 0.15) is 5.76 Å². The highest BCUT2D eigenvalue weighted by molar-refractivity contribution is 5.86. The van der Waals surface area contributed by atoms with E-state index in [2.05, 4.69) is 20.5 Å². The standard InChI is InChI=1S/C23H31N5O4/c1-31-23(30)20-16-28(26-25-20)18-14-21(22(29)24-17-8-4-2-3-5-9-17)27(15-18)12-6-10-19-11-7-13-32-19/h6-7,10-11,13,16-18,21H,2-5,8-9,12,14-15H2,1H3,(H,24,29)/t18-,21-/m0/s1. The molecule has 1 saturated carbocycles. The summed E-state index contributed by atoms with van der Waals surface area (Å²) in [6, 6.07) is 3.67. The molecule has 0 radical (unpaired) electrons. The van der Waals surface area contributed by atoms with Crippen LogP contribution in [0.1, 0.15) is 67.2 Å². The number of likely N-dealkylation sites (tertiary alicyclic amines) is 1. The number of aromatic nitrogens is 3. The number of nitrogens with zero attached hydrogens (tertiary/aromatic N) is 4. The number of methoxy groups -OCH3 is 1. The Hall–Kier alpha value is -2.94. The lowest BCUT2D eigenvalue weighted by Gasteiger charge is -2.25. The summed E-state index contributed by atoms with van der Waals surface area (Å²) in [5.41, 5.74) is 0.170. The summed E-state index contributed by atoms with van der Waals surface area (Å²) in [4.78, 5) is 27.1. The molecule has 1 saturated heterocycles. The van der Waals surface area contributed by atoms with Gasteiger partial charge in [-0.15, -0.1) is 5.10 Å². The van der Waals surface area contributed by atoms with Crippen molar-refractivity contribution < 1.29 is 18.7 Å². The van der Waals surface area contributed by atoms with E-state index < -0.39 is 5.97 Å². The maximum absolute atomic E-state index is 13.2. The van der Waals surface area contributed by atoms with E-state index in [4.69, 9.17) is 9.15 Å². The molecule has 2 fully saturated rings. The zero-order valence-corrected chi connectivity index (χ0v) is 18.5. The molecule has 0 unspecified atom stereocenters. The van der Waals surface area contributed by atoms with Gasteiger partial charge in [-0.3, -0.25) is 9.69 Å². The van der Waals surface area contributed by atoms with Gasteiger partial charge >= 0.3 is 5.97 Å². The highest BCUT2D eigenvalue weighted by Crippen LogP contribution is 2.28. The summed E-state index contributed by atoms with van der Waals surface area (Å²) in [6.07, 6.45) is 14.7. The van der Waals surface area contributed by atoms with Crippen molar-refractivity contribution in [2.24, 2.45) is 0 Å². The molecule has 1 amide bonds. The fourth-order valence-electron chi connectivity index (χ4n) is 4.61. The van der Waals surface area contributed by atoms with Crippen LogP contribution in [-0.4, -0.2) is 64.1 Å². The molecule has 2 aromatic heterocycles. The highest BCUT2D eigenvalue weighted by atomic mass is 16.5. The summed E-state index contributed by atoms with van der Waals surface area (Å²) >= 11 is 0. The summed E-state index contributed by atoms with van der Waals surface area (Å²) in [5.74, 6) is 0.327. The van der Waals surface area contributed by atoms with E-state index in [-0.39, 0.29) is 29.7 Å². The van der Waals surface area contributed by atoms with E-state index in [9.17, 15) is 9.59 Å². The lowest BCUT2D eigenvalue weighted by Crippen LogP contribution is -2.46. The van der Waals surface area contributed by atoms with Crippen molar-refractivity contribution in [3.63, 3.8) is 0 Å². The van der Waals surface area contributed by atoms with Crippen LogP contribution in [0.25, 0.3) is 6.08 Å². The maximum atomic E-state index is 13.2. The van der Waals surface area contributed by atoms with Crippen LogP contribution in [0.2, 0.25) is 0 Å². The molecule has 9 heteroatoms. The van der Waals surface area contributed by atoms with E-state index in [1.807, 2.05) is 24.3 Å². The number of hydrogen-bond acceptors (Lipinski definition) is 7. The normalized spacial score (nSPS) is 22.8. The zero-order valence-electron chi connectivity index (χ0n) is 18.5. The maximum Gasteiger partial charge on any atom is 0.360 e. The molecule has 2 atom stereocenters. The third-order valence-electron chi connectivity index (χ3n) is 6.33. The molecule has 0 bridgehead atoms. The van der Waals surface area contributed by atoms with Crippen molar-refractivity contribution in [1.29, 1.82) is 0 Å². The Kier molecular flexibility index (Phi) is 7.36. The Morgan fingerprint density at radius 2 is 2.09 bits per heavy atom. The Balaban J connectivity index is 1.45. The van der Waals surface area contributed by atoms with Crippen LogP contribution in [0.15, 0.2) is 35.1 Å². The molecule has 2 aliphatic rings. The Labute approximate surface area is 187 Å². The predicted molar refractivity (Wildman–Crippen MR) is 118 cm³/mol. The van der Waals surface area contributed by atoms with Gasteiger partial charge in [0.2, 0.25) is 5.91 Å². The number of ether oxygens (including phenoxy) is 1. The van der Waals surface area contributed by atoms with Gasteiger partial charge in [-0.25, -0.2) is 9.48 Å². The summed E-state index contributed by atoms with van der Waals surface area (Å²) in [5, 5.41) is 11.3. The second kappa shape index (κ2) is 10.6. The first kappa shape index (κ1) is 22.3. The number of amides is 1. The largest absolute Gasteiger partial charge is 0.465 e. The zero-order chi connectivity index (χ0) is 22.3. The van der Waals surface area contributed by atoms with Gasteiger partial charge in [0.05, 0.1) is 31.7 Å². The van der Waals surface area contributed by atoms with E-state index >= 15 is 0 Å². The van der Waals surface area contributed by atoms with Gasteiger partial charge in [0.15, 0.2) is 5.69 Å². The van der Waals surface area contributed by atoms with Crippen LogP contribution in [0, 0.1) is 0 Å². The first-order valence-corrected chi connectivity index (χ1v) is 11.4. The quantitative estimate of drug-likeness (QED) is 0.521. The Morgan fingerprint density at radius 1 is 1.28 bits per heavy atom. The van der Waals surface area contributed by atoms with Crippen molar-refractivity contribution in [1.82, 2.24) is 25.2 Å². The molecule has 32 heavy (non-hydrogen) atoms. The predicted octanol–water partition coefficient (Wildman–Crippen LogP) is 2.83. The summed E-state index contributed by atoms with van der Waals surface area (Å²) in [6.45, 7) is 1.24. The fourth-order valence-corrected chi connectivity index (χ4v) is 4.61. The van der Waals surface area contributed by atoms with Gasteiger partial charge in [0, 0.05) is 19.1 Å². The summed E-state index contributed by atoms with van der Waals surface area (Å²) < 4.78 is 11.8. The molecule has 1 aliphatic carbocycles. The fraction of sp³-hybridized carbons (Fsp3) is 0.565. The monoisotopic (exact) mass is 441 g/mol. The number of carbonyl (C=O) groups excluding carboxylic acids is 2. The van der Waals surface area contributed by atoms with Gasteiger partial charge in [-0.05, 0) is 37.5 Å². The van der Waals surface area contributed by atoms with Crippen molar-refractivity contribution in [2.45, 2.75) is 63.1 Å². The van der Waals surface area contributed by atoms with Gasteiger partial charge < -0.3 is 14.5 Å². The van der Waals surface area contributed by atoms with Crippen molar-refractivity contribution in [2.75, 3.05) is 20.2 Å². The number of nitrogens with one attached hydrogen (secondary N) is 1. The first-order valence-electron chi connectivity index (χ1n) is 11.4. The lowest BCUT2D eigenvalue weighted by molar-refractivity contribution is -0.126. The SMILES string of the molecule is COC(=O)c1cn([C@H]2C[C@@H](C(=O)NC3CCCCCC3)N(CC=Cc3ccco3)C2)nn1. The molecule has 0 aromatic carbocycles. The number of carbonyl (C=O) groups is 2. The molecule has 1 aliphatic heterocycles. The molecule has 3 heterocycles. The molecular weight excluding hydrogens is 410 g/mol. The van der Waals surface area contributed by atoms with E-state index in [0.717, 1.165) is 18.6 Å². The van der Waals surface area contributed by atoms with E-state index in [0.29, 0.717) is 19.5 Å². The molecule has 0 spiro atoms. The van der Waals surface area contributed by atoms with Crippen LogP contribution < -0.4 is 5.32 Å². The Morgan fingerprint density at radius 3 is 2.81 bits per heavy atom. The molecule has 2 aromatic rings. The molecule has 172 valence electrons. The van der Waals surface area contributed by atoms with Crippen molar-refractivity contribution >= 4 is 18.0 Å². The minimum Gasteiger partial charge on any atom is -0.465 e. The van der Waals surface area contributed by atoms with Crippen LogP contribution >= 0.6 is 0 Å². The van der Waals surface area contributed by atoms with Crippen molar-refractivity contribution in [3.05, 3.63) is 42.1 Å². The summed E-state index contributed by atoms with van der Waals surface area (Å²) in [7, 11) is 1.32. The van der Waals surface area contributed by atoms with Crippen LogP contribution in [0.5, 0.6) is 0 Å². The number of esters is 1. The topological polar surface area (TPSA) is 102 Å². The molecule has 1 N–H and O–H groups in total. The highest BCUT2D eigenvalue weighted by Gasteiger charge is 2.38. The second-order valence-electron chi connectivity index (χ2n) is 8.55. The third kappa shape index (κ3) is 5.45. The van der Waals surface area contributed by atoms with Crippen LogP contribution in [0.3, 0.4) is 0 Å². The minimum atomic E-state index is -0.518. The molecular formula is C23H31N5O4. The minimum absolute atomic E-state index is 0.0530. The van der Waals surface area contributed by atoms with E-state index in [1.54, 1.807) is 17.1 Å². The first-order chi connectivity index (χ1) is 15.6. The number of hydrogen-bond donors (Lipinski definition) is 1. The molecule has 4 rings (SSSR count). The smallest absolute Gasteiger partial charge is 0.360 e. The third-order valence-corrected chi connectivity index (χ3v) is 6.33. The second-order valence-corrected chi connectivity index (χ2v) is 8.55. The Bertz CT molecular complexity index is 915. The average molecular weight is 442 g/mol. The van der Waals surface area contributed by atoms with Gasteiger partial charge in [-0.1, -0.05) is 37.0 Å². The van der Waals surface area contributed by atoms with E-state index in [1.165, 1.54) is 32.8 Å². The number of rotatable bonds is 7. The molecule has 9 nitrogen and oxygen atoms in total. The number of furan rings is 1. The lowest BCUT2D eigenvalue weighted by atomic mass is 10.1.